The number of imidazole rings is 1. The maximum Gasteiger partial charge on any atom is 0.429 e. The number of hydrogen-bond donors (Lipinski definition) is 3. The van der Waals surface area contributed by atoms with Gasteiger partial charge in [0.05, 0.1) is 30.8 Å². The number of carbonyl (C=O) groups excluding carboxylic acids is 4. The van der Waals surface area contributed by atoms with Gasteiger partial charge >= 0.3 is 12.2 Å². The molecule has 13 nitrogen and oxygen atoms in total. The van der Waals surface area contributed by atoms with Crippen molar-refractivity contribution in [1.29, 1.82) is 0 Å². The van der Waals surface area contributed by atoms with Crippen LogP contribution in [0.1, 0.15) is 90.3 Å². The number of nitrogens with one attached hydrogen (secondary N) is 2. The Bertz CT molecular complexity index is 1350. The Labute approximate surface area is 303 Å². The average molecular weight is 713 g/mol. The van der Waals surface area contributed by atoms with Gasteiger partial charge in [-0.15, -0.1) is 0 Å². The van der Waals surface area contributed by atoms with Gasteiger partial charge in [0.25, 0.3) is 5.91 Å². The van der Waals surface area contributed by atoms with E-state index in [0.717, 1.165) is 47.7 Å². The maximum atomic E-state index is 14.3. The summed E-state index contributed by atoms with van der Waals surface area (Å²) in [6.07, 6.45) is 7.14. The van der Waals surface area contributed by atoms with Crippen molar-refractivity contribution in [3.05, 3.63) is 54.1 Å². The molecule has 2 aromatic rings. The second-order valence-electron chi connectivity index (χ2n) is 14.7. The van der Waals surface area contributed by atoms with Crippen LogP contribution in [0.5, 0.6) is 0 Å². The van der Waals surface area contributed by atoms with Crippen molar-refractivity contribution in [2.45, 2.75) is 116 Å². The number of H-pyrrole nitrogens is 1. The predicted octanol–water partition coefficient (Wildman–Crippen LogP) is 5.35. The number of aliphatic hydroxyl groups is 1. The number of aliphatic hydroxyl groups excluding tert-OH is 1. The highest BCUT2D eigenvalue weighted by atomic mass is 16.6. The van der Waals surface area contributed by atoms with E-state index in [1.807, 2.05) is 44.2 Å². The summed E-state index contributed by atoms with van der Waals surface area (Å²) < 4.78 is 11.0. The van der Waals surface area contributed by atoms with Crippen molar-refractivity contribution < 1.29 is 33.8 Å². The predicted molar refractivity (Wildman–Crippen MR) is 194 cm³/mol. The zero-order valence-electron chi connectivity index (χ0n) is 31.5. The van der Waals surface area contributed by atoms with Crippen LogP contribution < -0.4 is 5.32 Å². The molecule has 1 aliphatic carbocycles. The molecule has 13 heteroatoms. The van der Waals surface area contributed by atoms with Gasteiger partial charge in [0.15, 0.2) is 6.10 Å². The lowest BCUT2D eigenvalue weighted by atomic mass is 9.83. The first kappa shape index (κ1) is 41.3. The number of ether oxygens (including phenoxy) is 2. The van der Waals surface area contributed by atoms with Crippen LogP contribution in [0.2, 0.25) is 0 Å². The monoisotopic (exact) mass is 712 g/mol. The smallest absolute Gasteiger partial charge is 0.429 e. The molecule has 1 aromatic heterocycles. The first-order valence-electron chi connectivity index (χ1n) is 18.4. The summed E-state index contributed by atoms with van der Waals surface area (Å²) in [4.78, 5) is 63.1. The van der Waals surface area contributed by atoms with E-state index in [1.54, 1.807) is 6.20 Å². The zero-order chi connectivity index (χ0) is 37.5. The van der Waals surface area contributed by atoms with Gasteiger partial charge in [-0.2, -0.15) is 0 Å². The molecule has 51 heavy (non-hydrogen) atoms. The third kappa shape index (κ3) is 13.5. The summed E-state index contributed by atoms with van der Waals surface area (Å²) in [6.45, 7) is 8.17. The molecular formula is C38H60N6O7. The standard InChI is InChI=1S/C38H60N6O7/c1-26(2)18-19-33(45)31(20-28-14-10-8-11-15-28)41-35(46)32(22-30-23-39-25-40-30)42(5)36(47)34(21-29-16-12-9-13-17-29)51-38(49)44(7)43(6)37(48)50-24-27(3)4/h9,12-13,16-17,23,25-28,31-34,45H,8,10-11,14-15,18-22,24H2,1-7H3,(H,39,40)(H,41,46)/t31-,32-,33-,34-/m0/s1. The van der Waals surface area contributed by atoms with Crippen LogP contribution >= 0.6 is 0 Å². The Morgan fingerprint density at radius 3 is 2.20 bits per heavy atom. The molecule has 1 aromatic carbocycles. The number of benzene rings is 1. The van der Waals surface area contributed by atoms with Crippen LogP contribution in [0.3, 0.4) is 0 Å². The molecular weight excluding hydrogens is 652 g/mol. The first-order chi connectivity index (χ1) is 24.3. The molecule has 1 saturated carbocycles. The molecule has 4 atom stereocenters. The Balaban J connectivity index is 1.87. The van der Waals surface area contributed by atoms with Crippen molar-refractivity contribution in [3.8, 4) is 0 Å². The quantitative estimate of drug-likeness (QED) is 0.185. The molecule has 1 aliphatic rings. The van der Waals surface area contributed by atoms with Crippen molar-refractivity contribution in [3.63, 3.8) is 0 Å². The summed E-state index contributed by atoms with van der Waals surface area (Å²) in [5, 5.41) is 16.4. The number of aromatic nitrogens is 2. The van der Waals surface area contributed by atoms with E-state index in [1.165, 1.54) is 38.8 Å². The number of nitrogens with zero attached hydrogens (tertiary/aromatic N) is 4. The number of amides is 4. The molecule has 0 aliphatic heterocycles. The van der Waals surface area contributed by atoms with E-state index < -0.39 is 48.3 Å². The lowest BCUT2D eigenvalue weighted by molar-refractivity contribution is -0.147. The van der Waals surface area contributed by atoms with Crippen LogP contribution in [0.15, 0.2) is 42.9 Å². The Kier molecular flexibility index (Phi) is 16.7. The molecule has 0 saturated heterocycles. The van der Waals surface area contributed by atoms with E-state index in [9.17, 15) is 24.3 Å². The fourth-order valence-electron chi connectivity index (χ4n) is 6.25. The van der Waals surface area contributed by atoms with Gasteiger partial charge in [0.2, 0.25) is 5.91 Å². The molecule has 3 rings (SSSR count). The second-order valence-corrected chi connectivity index (χ2v) is 14.7. The van der Waals surface area contributed by atoms with Crippen LogP contribution in [-0.2, 0) is 31.9 Å². The molecule has 0 unspecified atom stereocenters. The van der Waals surface area contributed by atoms with Crippen LogP contribution in [0.25, 0.3) is 0 Å². The minimum Gasteiger partial charge on any atom is -0.448 e. The van der Waals surface area contributed by atoms with Gasteiger partial charge < -0.3 is 29.8 Å². The topological polar surface area (TPSA) is 157 Å². The lowest BCUT2D eigenvalue weighted by Gasteiger charge is -2.35. The van der Waals surface area contributed by atoms with Gasteiger partial charge in [0, 0.05) is 40.2 Å². The van der Waals surface area contributed by atoms with Crippen LogP contribution in [0.4, 0.5) is 9.59 Å². The van der Waals surface area contributed by atoms with Gasteiger partial charge in [0.1, 0.15) is 6.04 Å². The molecule has 3 N–H and O–H groups in total. The van der Waals surface area contributed by atoms with E-state index in [4.69, 9.17) is 9.47 Å². The number of carbonyl (C=O) groups is 4. The summed E-state index contributed by atoms with van der Waals surface area (Å²) in [5.74, 6) is -0.135. The Morgan fingerprint density at radius 2 is 1.59 bits per heavy atom. The van der Waals surface area contributed by atoms with Crippen molar-refractivity contribution in [2.75, 3.05) is 27.7 Å². The third-order valence-corrected chi connectivity index (χ3v) is 9.52. The zero-order valence-corrected chi connectivity index (χ0v) is 31.5. The summed E-state index contributed by atoms with van der Waals surface area (Å²) in [6, 6.07) is 7.59. The first-order valence-corrected chi connectivity index (χ1v) is 18.4. The van der Waals surface area contributed by atoms with Crippen molar-refractivity contribution in [1.82, 2.24) is 30.2 Å². The van der Waals surface area contributed by atoms with E-state index in [0.29, 0.717) is 30.4 Å². The molecule has 0 spiro atoms. The van der Waals surface area contributed by atoms with E-state index in [-0.39, 0.29) is 25.4 Å². The molecule has 1 heterocycles. The van der Waals surface area contributed by atoms with E-state index in [2.05, 4.69) is 29.1 Å². The third-order valence-electron chi connectivity index (χ3n) is 9.52. The normalized spacial score (nSPS) is 15.8. The Hall–Kier alpha value is -4.13. The number of likely N-dealkylation sites (N-methyl/N-ethyl adjacent to an activating group) is 1. The van der Waals surface area contributed by atoms with Crippen LogP contribution in [-0.4, -0.2) is 106 Å². The average Bonchev–Trinajstić information content (AvgIpc) is 3.64. The number of hydrazine groups is 1. The van der Waals surface area contributed by atoms with Crippen molar-refractivity contribution in [2.24, 2.45) is 17.8 Å². The maximum absolute atomic E-state index is 14.3. The van der Waals surface area contributed by atoms with Gasteiger partial charge in [-0.3, -0.25) is 9.59 Å². The van der Waals surface area contributed by atoms with Gasteiger partial charge in [-0.25, -0.2) is 24.6 Å². The summed E-state index contributed by atoms with van der Waals surface area (Å²) in [5.41, 5.74) is 1.30. The second kappa shape index (κ2) is 20.7. The fourth-order valence-corrected chi connectivity index (χ4v) is 6.25. The van der Waals surface area contributed by atoms with Gasteiger partial charge in [-0.1, -0.05) is 90.1 Å². The largest absolute Gasteiger partial charge is 0.448 e. The molecule has 0 bridgehead atoms. The summed E-state index contributed by atoms with van der Waals surface area (Å²) in [7, 11) is 4.22. The number of hydrogen-bond acceptors (Lipinski definition) is 8. The highest BCUT2D eigenvalue weighted by Gasteiger charge is 2.37. The van der Waals surface area contributed by atoms with Crippen LogP contribution in [0, 0.1) is 17.8 Å². The highest BCUT2D eigenvalue weighted by molar-refractivity contribution is 5.90. The Morgan fingerprint density at radius 1 is 0.922 bits per heavy atom. The molecule has 1 fully saturated rings. The SMILES string of the molecule is CC(C)CC[C@H](O)[C@H](CC1CCCCC1)NC(=O)[C@H](Cc1c[nH]cn1)N(C)C(=O)[C@H](Cc1ccccc1)OC(=O)N(C)N(C)C(=O)OCC(C)C. The summed E-state index contributed by atoms with van der Waals surface area (Å²) >= 11 is 0. The molecule has 284 valence electrons. The minimum absolute atomic E-state index is 0.0278. The highest BCUT2D eigenvalue weighted by Crippen LogP contribution is 2.29. The number of rotatable bonds is 17. The number of aromatic amines is 1. The lowest BCUT2D eigenvalue weighted by Crippen LogP contribution is -2.56. The molecule has 4 amide bonds. The molecule has 0 radical (unpaired) electrons. The minimum atomic E-state index is -1.34. The van der Waals surface area contributed by atoms with Gasteiger partial charge in [-0.05, 0) is 42.6 Å². The van der Waals surface area contributed by atoms with E-state index >= 15 is 0 Å². The fraction of sp³-hybridized carbons (Fsp3) is 0.658. The van der Waals surface area contributed by atoms with Crippen molar-refractivity contribution >= 4 is 24.0 Å².